The van der Waals surface area contributed by atoms with Gasteiger partial charge in [0.1, 0.15) is 23.2 Å². The Balaban J connectivity index is 2.68. The van der Waals surface area contributed by atoms with Crippen LogP contribution in [-0.4, -0.2) is 9.55 Å². The molecule has 0 bridgehead atoms. The fourth-order valence-corrected chi connectivity index (χ4v) is 2.80. The highest BCUT2D eigenvalue weighted by molar-refractivity contribution is 9.10. The fraction of sp³-hybridized carbons (Fsp3) is 0.438. The van der Waals surface area contributed by atoms with E-state index < -0.39 is 0 Å². The Labute approximate surface area is 133 Å². The first-order valence-electron chi connectivity index (χ1n) is 7.07. The van der Waals surface area contributed by atoms with E-state index in [1.807, 2.05) is 4.57 Å². The number of nitrogens with zero attached hydrogens (tertiary/aromatic N) is 2. The Morgan fingerprint density at radius 3 is 2.57 bits per heavy atom. The van der Waals surface area contributed by atoms with Gasteiger partial charge in [-0.2, -0.15) is 0 Å². The lowest BCUT2D eigenvalue weighted by molar-refractivity contribution is 0.498. The van der Waals surface area contributed by atoms with Crippen molar-refractivity contribution in [2.24, 2.45) is 0 Å². The minimum atomic E-state index is -0.296. The molecule has 0 aliphatic heterocycles. The van der Waals surface area contributed by atoms with Gasteiger partial charge >= 0.3 is 0 Å². The molecule has 0 aliphatic carbocycles. The number of imidazole rings is 1. The van der Waals surface area contributed by atoms with E-state index in [9.17, 15) is 4.39 Å². The Bertz CT molecular complexity index is 656. The smallest absolute Gasteiger partial charge is 0.131 e. The van der Waals surface area contributed by atoms with Crippen molar-refractivity contribution in [3.63, 3.8) is 0 Å². The summed E-state index contributed by atoms with van der Waals surface area (Å²) in [5.74, 6) is 1.22. The second kappa shape index (κ2) is 5.79. The van der Waals surface area contributed by atoms with Gasteiger partial charge in [-0.1, -0.05) is 43.6 Å². The third-order valence-electron chi connectivity index (χ3n) is 3.31. The minimum Gasteiger partial charge on any atom is -0.383 e. The van der Waals surface area contributed by atoms with Crippen LogP contribution in [-0.2, 0) is 12.0 Å². The first-order chi connectivity index (χ1) is 9.75. The minimum absolute atomic E-state index is 0.124. The summed E-state index contributed by atoms with van der Waals surface area (Å²) in [7, 11) is 0. The lowest BCUT2D eigenvalue weighted by atomic mass is 9.95. The zero-order valence-corrected chi connectivity index (χ0v) is 14.5. The lowest BCUT2D eigenvalue weighted by Crippen LogP contribution is -2.19. The first-order valence-corrected chi connectivity index (χ1v) is 7.87. The van der Waals surface area contributed by atoms with Crippen LogP contribution in [0.2, 0.25) is 0 Å². The van der Waals surface area contributed by atoms with Crippen LogP contribution in [0.4, 0.5) is 10.2 Å². The van der Waals surface area contributed by atoms with E-state index in [4.69, 9.17) is 10.7 Å². The number of nitrogen functional groups attached to an aromatic ring is 1. The summed E-state index contributed by atoms with van der Waals surface area (Å²) in [6.07, 6.45) is 0.966. The Morgan fingerprint density at radius 1 is 1.33 bits per heavy atom. The molecule has 0 aliphatic rings. The van der Waals surface area contributed by atoms with E-state index in [2.05, 4.69) is 43.6 Å². The van der Waals surface area contributed by atoms with E-state index in [1.165, 1.54) is 12.1 Å². The Hall–Kier alpha value is -1.36. The van der Waals surface area contributed by atoms with Crippen LogP contribution in [0.15, 0.2) is 22.7 Å². The predicted octanol–water partition coefficient (Wildman–Crippen LogP) is 4.74. The standard InChI is InChI=1S/C16H21BrFN3/c1-5-8-21-14(19)13(20-15(21)16(2,3)4)11-9-10(18)6-7-12(11)17/h6-7,9H,5,8,19H2,1-4H3. The molecule has 1 heterocycles. The highest BCUT2D eigenvalue weighted by Gasteiger charge is 2.25. The molecular weight excluding hydrogens is 333 g/mol. The van der Waals surface area contributed by atoms with Gasteiger partial charge in [0.05, 0.1) is 0 Å². The number of halogens is 2. The van der Waals surface area contributed by atoms with Crippen LogP contribution in [0.5, 0.6) is 0 Å². The van der Waals surface area contributed by atoms with Gasteiger partial charge in [0.2, 0.25) is 0 Å². The molecule has 3 nitrogen and oxygen atoms in total. The molecule has 114 valence electrons. The Kier molecular flexibility index (Phi) is 4.42. The van der Waals surface area contributed by atoms with Crippen LogP contribution < -0.4 is 5.73 Å². The number of anilines is 1. The molecule has 0 saturated heterocycles. The molecule has 0 atom stereocenters. The van der Waals surface area contributed by atoms with Crippen LogP contribution in [0.25, 0.3) is 11.3 Å². The Morgan fingerprint density at radius 2 is 2.00 bits per heavy atom. The number of benzene rings is 1. The van der Waals surface area contributed by atoms with Crippen LogP contribution in [0.3, 0.4) is 0 Å². The van der Waals surface area contributed by atoms with Crippen molar-refractivity contribution >= 4 is 21.7 Å². The maximum absolute atomic E-state index is 13.6. The zero-order valence-electron chi connectivity index (χ0n) is 12.9. The molecule has 0 radical (unpaired) electrons. The highest BCUT2D eigenvalue weighted by atomic mass is 79.9. The second-order valence-electron chi connectivity index (χ2n) is 6.20. The van der Waals surface area contributed by atoms with E-state index in [0.29, 0.717) is 17.1 Å². The van der Waals surface area contributed by atoms with Crippen molar-refractivity contribution in [2.75, 3.05) is 5.73 Å². The van der Waals surface area contributed by atoms with Gasteiger partial charge < -0.3 is 10.3 Å². The summed E-state index contributed by atoms with van der Waals surface area (Å²) < 4.78 is 16.4. The molecule has 2 aromatic rings. The van der Waals surface area contributed by atoms with Gasteiger partial charge in [-0.25, -0.2) is 9.37 Å². The van der Waals surface area contributed by atoms with Crippen molar-refractivity contribution in [3.8, 4) is 11.3 Å². The normalized spacial score (nSPS) is 11.9. The van der Waals surface area contributed by atoms with Crippen molar-refractivity contribution in [3.05, 3.63) is 34.3 Å². The molecule has 0 amide bonds. The first kappa shape index (κ1) is 16.0. The molecule has 5 heteroatoms. The number of aromatic nitrogens is 2. The highest BCUT2D eigenvalue weighted by Crippen LogP contribution is 2.36. The summed E-state index contributed by atoms with van der Waals surface area (Å²) in [4.78, 5) is 4.71. The number of rotatable bonds is 3. The summed E-state index contributed by atoms with van der Waals surface area (Å²) in [5, 5.41) is 0. The van der Waals surface area contributed by atoms with Crippen LogP contribution in [0, 0.1) is 5.82 Å². The molecule has 0 spiro atoms. The molecule has 0 fully saturated rings. The van der Waals surface area contributed by atoms with Crippen LogP contribution in [0.1, 0.15) is 39.9 Å². The SMILES string of the molecule is CCCn1c(C(C)(C)C)nc(-c2cc(F)ccc2Br)c1N. The monoisotopic (exact) mass is 353 g/mol. The molecule has 2 N–H and O–H groups in total. The number of hydrogen-bond acceptors (Lipinski definition) is 2. The molecule has 1 aromatic carbocycles. The quantitative estimate of drug-likeness (QED) is 0.865. The largest absolute Gasteiger partial charge is 0.383 e. The molecule has 0 unspecified atom stereocenters. The topological polar surface area (TPSA) is 43.8 Å². The van der Waals surface area contributed by atoms with Gasteiger partial charge in [0.15, 0.2) is 0 Å². The third-order valence-corrected chi connectivity index (χ3v) is 4.00. The average molecular weight is 354 g/mol. The van der Waals surface area contributed by atoms with Crippen molar-refractivity contribution in [1.82, 2.24) is 9.55 Å². The van der Waals surface area contributed by atoms with E-state index in [-0.39, 0.29) is 11.2 Å². The van der Waals surface area contributed by atoms with Gasteiger partial charge in [0, 0.05) is 22.0 Å². The van der Waals surface area contributed by atoms with Crippen molar-refractivity contribution < 1.29 is 4.39 Å². The van der Waals surface area contributed by atoms with Gasteiger partial charge in [-0.15, -0.1) is 0 Å². The summed E-state index contributed by atoms with van der Waals surface area (Å²) in [6.45, 7) is 9.21. The van der Waals surface area contributed by atoms with Gasteiger partial charge in [-0.05, 0) is 24.6 Å². The van der Waals surface area contributed by atoms with Gasteiger partial charge in [-0.3, -0.25) is 0 Å². The van der Waals surface area contributed by atoms with Crippen molar-refractivity contribution in [2.45, 2.75) is 46.1 Å². The number of hydrogen-bond donors (Lipinski definition) is 1. The lowest BCUT2D eigenvalue weighted by Gasteiger charge is -2.19. The van der Waals surface area contributed by atoms with Crippen molar-refractivity contribution in [1.29, 1.82) is 0 Å². The van der Waals surface area contributed by atoms with Gasteiger partial charge in [0.25, 0.3) is 0 Å². The third kappa shape index (κ3) is 3.12. The molecule has 21 heavy (non-hydrogen) atoms. The summed E-state index contributed by atoms with van der Waals surface area (Å²) >= 11 is 3.45. The molecule has 1 aromatic heterocycles. The summed E-state index contributed by atoms with van der Waals surface area (Å²) in [5.41, 5.74) is 7.50. The molecule has 2 rings (SSSR count). The predicted molar refractivity (Wildman–Crippen MR) is 88.7 cm³/mol. The maximum atomic E-state index is 13.6. The molecular formula is C16H21BrFN3. The molecule has 0 saturated carbocycles. The van der Waals surface area contributed by atoms with Crippen LogP contribution >= 0.6 is 15.9 Å². The van der Waals surface area contributed by atoms with E-state index in [0.717, 1.165) is 23.3 Å². The summed E-state index contributed by atoms with van der Waals surface area (Å²) in [6, 6.07) is 4.56. The second-order valence-corrected chi connectivity index (χ2v) is 7.05. The van der Waals surface area contributed by atoms with E-state index >= 15 is 0 Å². The maximum Gasteiger partial charge on any atom is 0.131 e. The zero-order chi connectivity index (χ0) is 15.8. The average Bonchev–Trinajstić information content (AvgIpc) is 2.71. The van der Waals surface area contributed by atoms with E-state index in [1.54, 1.807) is 6.07 Å². The number of nitrogens with two attached hydrogens (primary N) is 1. The fourth-order valence-electron chi connectivity index (χ4n) is 2.37.